The maximum Gasteiger partial charge on any atom is 0.309 e. The molecule has 4 nitrogen and oxygen atoms in total. The van der Waals surface area contributed by atoms with Crippen LogP contribution in [0.15, 0.2) is 46.4 Å². The van der Waals surface area contributed by atoms with Crippen LogP contribution >= 0.6 is 11.8 Å². The Hall–Kier alpha value is -1.75. The molecule has 0 amide bonds. The van der Waals surface area contributed by atoms with Gasteiger partial charge in [-0.1, -0.05) is 42.1 Å². The molecule has 1 atom stereocenters. The van der Waals surface area contributed by atoms with E-state index >= 15 is 0 Å². The predicted octanol–water partition coefficient (Wildman–Crippen LogP) is 2.46. The maximum atomic E-state index is 10.8. The molecule has 18 heavy (non-hydrogen) atoms. The zero-order chi connectivity index (χ0) is 12.5. The second-order valence-corrected chi connectivity index (χ2v) is 5.08. The summed E-state index contributed by atoms with van der Waals surface area (Å²) in [7, 11) is 0. The summed E-state index contributed by atoms with van der Waals surface area (Å²) in [6.07, 6.45) is 0.0630. The molecule has 2 aliphatic rings. The molecule has 0 saturated heterocycles. The van der Waals surface area contributed by atoms with Crippen molar-refractivity contribution < 1.29 is 9.90 Å². The van der Waals surface area contributed by atoms with Crippen molar-refractivity contribution in [1.82, 2.24) is 4.90 Å². The lowest BCUT2D eigenvalue weighted by atomic mass is 10.1. The number of aliphatic imine (C=N–C) groups is 1. The highest BCUT2D eigenvalue weighted by Gasteiger charge is 2.32. The first-order valence-electron chi connectivity index (χ1n) is 5.72. The molecule has 0 saturated carbocycles. The van der Waals surface area contributed by atoms with E-state index in [4.69, 9.17) is 5.11 Å². The van der Waals surface area contributed by atoms with E-state index in [1.807, 2.05) is 28.5 Å². The molecular formula is C13H12N2O2S. The molecular weight excluding hydrogens is 248 g/mol. The van der Waals surface area contributed by atoms with Crippen LogP contribution in [0.1, 0.15) is 18.0 Å². The normalized spacial score (nSPS) is 21.6. The third-order valence-corrected chi connectivity index (χ3v) is 3.94. The molecule has 2 heterocycles. The number of carboxylic acids is 1. The summed E-state index contributed by atoms with van der Waals surface area (Å²) in [5.41, 5.74) is 2.01. The molecule has 1 aromatic carbocycles. The van der Waals surface area contributed by atoms with E-state index in [1.54, 1.807) is 0 Å². The summed E-state index contributed by atoms with van der Waals surface area (Å²) in [5, 5.41) is 11.7. The van der Waals surface area contributed by atoms with Gasteiger partial charge in [-0.25, -0.2) is 0 Å². The van der Waals surface area contributed by atoms with Crippen molar-refractivity contribution in [3.05, 3.63) is 47.0 Å². The standard InChI is InChI=1S/C13H12N2O2S/c16-12(17)6-10-8-18-13-14-11(7-15(10)13)9-4-2-1-3-5-9/h1-5,8,11H,6-7H2,(H,16,17). The number of amidine groups is 1. The fraction of sp³-hybridized carbons (Fsp3) is 0.231. The highest BCUT2D eigenvalue weighted by Crippen LogP contribution is 2.37. The molecule has 1 unspecified atom stereocenters. The van der Waals surface area contributed by atoms with E-state index in [2.05, 4.69) is 17.1 Å². The number of benzene rings is 1. The molecule has 0 aromatic heterocycles. The number of hydrogen-bond donors (Lipinski definition) is 1. The topological polar surface area (TPSA) is 52.9 Å². The number of rotatable bonds is 3. The number of carboxylic acid groups (broad SMARTS) is 1. The van der Waals surface area contributed by atoms with Gasteiger partial charge in [0.15, 0.2) is 5.17 Å². The van der Waals surface area contributed by atoms with Crippen molar-refractivity contribution in [3.8, 4) is 0 Å². The van der Waals surface area contributed by atoms with Crippen LogP contribution in [0, 0.1) is 0 Å². The van der Waals surface area contributed by atoms with Crippen molar-refractivity contribution >= 4 is 22.9 Å². The molecule has 0 fully saturated rings. The van der Waals surface area contributed by atoms with Gasteiger partial charge in [0.1, 0.15) is 0 Å². The monoisotopic (exact) mass is 260 g/mol. The summed E-state index contributed by atoms with van der Waals surface area (Å²) in [6, 6.07) is 10.2. The van der Waals surface area contributed by atoms with Gasteiger partial charge in [0.05, 0.1) is 19.0 Å². The van der Waals surface area contributed by atoms with Crippen molar-refractivity contribution in [2.45, 2.75) is 12.5 Å². The van der Waals surface area contributed by atoms with E-state index in [-0.39, 0.29) is 12.5 Å². The number of fused-ring (bicyclic) bond motifs is 1. The molecule has 2 aliphatic heterocycles. The molecule has 92 valence electrons. The van der Waals surface area contributed by atoms with Gasteiger partial charge in [0, 0.05) is 5.70 Å². The minimum absolute atomic E-state index is 0.0630. The molecule has 3 rings (SSSR count). The van der Waals surface area contributed by atoms with Gasteiger partial charge < -0.3 is 10.0 Å². The molecule has 1 N–H and O–H groups in total. The number of hydrogen-bond acceptors (Lipinski definition) is 4. The molecule has 0 spiro atoms. The Balaban J connectivity index is 1.77. The minimum Gasteiger partial charge on any atom is -0.481 e. The Morgan fingerprint density at radius 2 is 2.22 bits per heavy atom. The Labute approximate surface area is 109 Å². The summed E-state index contributed by atoms with van der Waals surface area (Å²) < 4.78 is 0. The third kappa shape index (κ3) is 2.01. The third-order valence-electron chi connectivity index (χ3n) is 3.02. The summed E-state index contributed by atoms with van der Waals surface area (Å²) >= 11 is 1.51. The van der Waals surface area contributed by atoms with Gasteiger partial charge in [0.25, 0.3) is 0 Å². The van der Waals surface area contributed by atoms with E-state index in [0.29, 0.717) is 0 Å². The van der Waals surface area contributed by atoms with Crippen molar-refractivity contribution in [1.29, 1.82) is 0 Å². The van der Waals surface area contributed by atoms with E-state index in [9.17, 15) is 4.79 Å². The number of thioether (sulfide) groups is 1. The van der Waals surface area contributed by atoms with Crippen LogP contribution in [0.4, 0.5) is 0 Å². The lowest BCUT2D eigenvalue weighted by molar-refractivity contribution is -0.136. The number of aliphatic carboxylic acids is 1. The smallest absolute Gasteiger partial charge is 0.309 e. The first-order valence-corrected chi connectivity index (χ1v) is 6.60. The zero-order valence-electron chi connectivity index (χ0n) is 9.61. The van der Waals surface area contributed by atoms with Crippen LogP contribution in [-0.2, 0) is 4.79 Å². The van der Waals surface area contributed by atoms with Gasteiger partial charge in [-0.2, -0.15) is 0 Å². The average molecular weight is 260 g/mol. The quantitative estimate of drug-likeness (QED) is 0.907. The van der Waals surface area contributed by atoms with E-state index in [1.165, 1.54) is 17.3 Å². The van der Waals surface area contributed by atoms with E-state index in [0.717, 1.165) is 17.4 Å². The molecule has 0 bridgehead atoms. The Morgan fingerprint density at radius 1 is 1.44 bits per heavy atom. The van der Waals surface area contributed by atoms with Gasteiger partial charge in [0.2, 0.25) is 0 Å². The summed E-state index contributed by atoms with van der Waals surface area (Å²) in [6.45, 7) is 0.742. The highest BCUT2D eigenvalue weighted by molar-refractivity contribution is 8.16. The Bertz CT molecular complexity index is 539. The first-order chi connectivity index (χ1) is 8.74. The second kappa shape index (κ2) is 4.49. The molecule has 0 aliphatic carbocycles. The fourth-order valence-electron chi connectivity index (χ4n) is 2.16. The lowest BCUT2D eigenvalue weighted by Gasteiger charge is -2.16. The van der Waals surface area contributed by atoms with Crippen LogP contribution < -0.4 is 0 Å². The zero-order valence-corrected chi connectivity index (χ0v) is 10.4. The van der Waals surface area contributed by atoms with Crippen molar-refractivity contribution in [2.24, 2.45) is 4.99 Å². The number of carbonyl (C=O) groups is 1. The summed E-state index contributed by atoms with van der Waals surface area (Å²) in [4.78, 5) is 17.4. The lowest BCUT2D eigenvalue weighted by Crippen LogP contribution is -2.23. The maximum absolute atomic E-state index is 10.8. The van der Waals surface area contributed by atoms with Crippen LogP contribution in [0.3, 0.4) is 0 Å². The van der Waals surface area contributed by atoms with Crippen LogP contribution in [0.5, 0.6) is 0 Å². The van der Waals surface area contributed by atoms with Crippen LogP contribution in [-0.4, -0.2) is 27.7 Å². The summed E-state index contributed by atoms with van der Waals surface area (Å²) in [5.74, 6) is -0.800. The Morgan fingerprint density at radius 3 is 2.94 bits per heavy atom. The minimum atomic E-state index is -0.800. The molecule has 0 radical (unpaired) electrons. The van der Waals surface area contributed by atoms with E-state index < -0.39 is 5.97 Å². The molecule has 1 aromatic rings. The number of nitrogens with zero attached hydrogens (tertiary/aromatic N) is 2. The first kappa shape index (κ1) is 11.3. The van der Waals surface area contributed by atoms with Crippen LogP contribution in [0.2, 0.25) is 0 Å². The second-order valence-electron chi connectivity index (χ2n) is 4.25. The van der Waals surface area contributed by atoms with Gasteiger partial charge >= 0.3 is 5.97 Å². The average Bonchev–Trinajstić information content (AvgIpc) is 2.92. The van der Waals surface area contributed by atoms with Gasteiger partial charge in [-0.05, 0) is 11.0 Å². The highest BCUT2D eigenvalue weighted by atomic mass is 32.2. The largest absolute Gasteiger partial charge is 0.481 e. The van der Waals surface area contributed by atoms with Crippen molar-refractivity contribution in [3.63, 3.8) is 0 Å². The Kier molecular flexibility index (Phi) is 2.83. The van der Waals surface area contributed by atoms with Gasteiger partial charge in [-0.3, -0.25) is 9.79 Å². The van der Waals surface area contributed by atoms with Crippen molar-refractivity contribution in [2.75, 3.05) is 6.54 Å². The molecule has 5 heteroatoms. The predicted molar refractivity (Wildman–Crippen MR) is 71.3 cm³/mol. The van der Waals surface area contributed by atoms with Gasteiger partial charge in [-0.15, -0.1) is 0 Å². The van der Waals surface area contributed by atoms with Crippen LogP contribution in [0.25, 0.3) is 0 Å². The fourth-order valence-corrected chi connectivity index (χ4v) is 3.12. The SMILES string of the molecule is O=C(O)CC1=CSC2=NC(c3ccccc3)CN12.